The lowest BCUT2D eigenvalue weighted by atomic mass is 9.73. The Labute approximate surface area is 172 Å². The standard InChI is InChI=1S/C22H32N6O/c1-22(2)8-16(7-17(29)9-22)28-13-25-19-20(23-12-24-21(19)28)26-10-14-6-15-4-3-5-27(15)18(14)11-26/h12-18,29H,3-11H2,1-2H3/t14-,15?,16-,17+,18+/m1/s1. The van der Waals surface area contributed by atoms with E-state index in [1.54, 1.807) is 6.33 Å². The van der Waals surface area contributed by atoms with Crippen LogP contribution in [0.15, 0.2) is 12.7 Å². The highest BCUT2D eigenvalue weighted by Crippen LogP contribution is 2.44. The lowest BCUT2D eigenvalue weighted by molar-refractivity contribution is 0.0387. The Hall–Kier alpha value is -1.73. The third-order valence-corrected chi connectivity index (χ3v) is 7.98. The Kier molecular flexibility index (Phi) is 3.98. The molecule has 4 aliphatic rings. The molecule has 7 heteroatoms. The summed E-state index contributed by atoms with van der Waals surface area (Å²) in [7, 11) is 0. The quantitative estimate of drug-likeness (QED) is 0.841. The molecule has 0 amide bonds. The molecule has 0 radical (unpaired) electrons. The van der Waals surface area contributed by atoms with E-state index < -0.39 is 0 Å². The van der Waals surface area contributed by atoms with Crippen molar-refractivity contribution in [1.29, 1.82) is 0 Å². The van der Waals surface area contributed by atoms with Crippen molar-refractivity contribution >= 4 is 17.0 Å². The van der Waals surface area contributed by atoms with Gasteiger partial charge in [0, 0.05) is 31.2 Å². The first kappa shape index (κ1) is 18.1. The van der Waals surface area contributed by atoms with E-state index in [0.717, 1.165) is 61.3 Å². The molecule has 5 heterocycles. The van der Waals surface area contributed by atoms with Crippen LogP contribution in [0.3, 0.4) is 0 Å². The summed E-state index contributed by atoms with van der Waals surface area (Å²) in [6.45, 7) is 7.92. The smallest absolute Gasteiger partial charge is 0.165 e. The first-order valence-corrected chi connectivity index (χ1v) is 11.3. The van der Waals surface area contributed by atoms with Crippen LogP contribution < -0.4 is 4.90 Å². The van der Waals surface area contributed by atoms with E-state index in [9.17, 15) is 5.11 Å². The Morgan fingerprint density at radius 1 is 1.07 bits per heavy atom. The molecule has 2 aromatic rings. The second kappa shape index (κ2) is 6.38. The summed E-state index contributed by atoms with van der Waals surface area (Å²) < 4.78 is 2.19. The molecule has 1 saturated carbocycles. The third-order valence-electron chi connectivity index (χ3n) is 7.98. The van der Waals surface area contributed by atoms with Crippen LogP contribution in [0.1, 0.15) is 58.4 Å². The Balaban J connectivity index is 1.30. The van der Waals surface area contributed by atoms with Crippen LogP contribution in [-0.2, 0) is 0 Å². The highest BCUT2D eigenvalue weighted by Gasteiger charge is 2.48. The number of anilines is 1. The Morgan fingerprint density at radius 2 is 1.97 bits per heavy atom. The molecular formula is C22H32N6O. The molecule has 7 nitrogen and oxygen atoms in total. The molecule has 4 fully saturated rings. The van der Waals surface area contributed by atoms with Crippen molar-refractivity contribution in [2.45, 2.75) is 76.6 Å². The van der Waals surface area contributed by atoms with Crippen molar-refractivity contribution in [3.05, 3.63) is 12.7 Å². The predicted molar refractivity (Wildman–Crippen MR) is 112 cm³/mol. The number of hydrogen-bond donors (Lipinski definition) is 1. The van der Waals surface area contributed by atoms with Crippen molar-refractivity contribution in [3.8, 4) is 0 Å². The first-order valence-electron chi connectivity index (χ1n) is 11.3. The van der Waals surface area contributed by atoms with Gasteiger partial charge in [0.15, 0.2) is 17.0 Å². The summed E-state index contributed by atoms with van der Waals surface area (Å²) in [6, 6.07) is 1.76. The zero-order valence-corrected chi connectivity index (χ0v) is 17.5. The predicted octanol–water partition coefficient (Wildman–Crippen LogP) is 2.61. The average Bonchev–Trinajstić information content (AvgIpc) is 3.40. The van der Waals surface area contributed by atoms with Crippen LogP contribution >= 0.6 is 0 Å². The zero-order chi connectivity index (χ0) is 19.8. The van der Waals surface area contributed by atoms with E-state index in [1.807, 2.05) is 6.33 Å². The van der Waals surface area contributed by atoms with E-state index >= 15 is 0 Å². The molecule has 2 aromatic heterocycles. The maximum Gasteiger partial charge on any atom is 0.165 e. The molecule has 0 aromatic carbocycles. The van der Waals surface area contributed by atoms with Gasteiger partial charge in [-0.15, -0.1) is 0 Å². The van der Waals surface area contributed by atoms with E-state index in [0.29, 0.717) is 6.04 Å². The maximum atomic E-state index is 10.4. The SMILES string of the molecule is CC1(C)C[C@@H](O)C[C@@H](n2cnc3c(N4C[C@H]5CC6CCCN6[C@H]5C4)ncnc32)C1. The summed E-state index contributed by atoms with van der Waals surface area (Å²) >= 11 is 0. The second-order valence-electron chi connectivity index (χ2n) is 10.6. The van der Waals surface area contributed by atoms with Crippen LogP contribution in [0, 0.1) is 11.3 Å². The molecule has 1 N–H and O–H groups in total. The third kappa shape index (κ3) is 2.88. The van der Waals surface area contributed by atoms with Crippen molar-refractivity contribution in [3.63, 3.8) is 0 Å². The van der Waals surface area contributed by atoms with Gasteiger partial charge in [-0.05, 0) is 56.4 Å². The van der Waals surface area contributed by atoms with Crippen molar-refractivity contribution in [1.82, 2.24) is 24.4 Å². The minimum atomic E-state index is -0.256. The number of fused-ring (bicyclic) bond motifs is 4. The summed E-state index contributed by atoms with van der Waals surface area (Å²) in [5.41, 5.74) is 1.97. The van der Waals surface area contributed by atoms with E-state index in [2.05, 4.69) is 38.2 Å². The van der Waals surface area contributed by atoms with Crippen LogP contribution in [0.5, 0.6) is 0 Å². The van der Waals surface area contributed by atoms with Crippen LogP contribution in [0.25, 0.3) is 11.2 Å². The maximum absolute atomic E-state index is 10.4. The zero-order valence-electron chi connectivity index (χ0n) is 17.5. The number of hydrogen-bond acceptors (Lipinski definition) is 6. The molecule has 3 saturated heterocycles. The van der Waals surface area contributed by atoms with Crippen molar-refractivity contribution < 1.29 is 5.11 Å². The Bertz CT molecular complexity index is 925. The second-order valence-corrected chi connectivity index (χ2v) is 10.6. The average molecular weight is 397 g/mol. The van der Waals surface area contributed by atoms with E-state index in [-0.39, 0.29) is 17.6 Å². The Morgan fingerprint density at radius 3 is 2.83 bits per heavy atom. The summed E-state index contributed by atoms with van der Waals surface area (Å²) in [4.78, 5) is 19.3. The van der Waals surface area contributed by atoms with Crippen LogP contribution in [0.2, 0.25) is 0 Å². The summed E-state index contributed by atoms with van der Waals surface area (Å²) in [5.74, 6) is 1.76. The topological polar surface area (TPSA) is 70.3 Å². The van der Waals surface area contributed by atoms with Gasteiger partial charge in [0.2, 0.25) is 0 Å². The van der Waals surface area contributed by atoms with Gasteiger partial charge in [0.05, 0.1) is 12.4 Å². The molecule has 29 heavy (non-hydrogen) atoms. The molecule has 1 unspecified atom stereocenters. The summed E-state index contributed by atoms with van der Waals surface area (Å²) in [6.07, 6.45) is 10.1. The van der Waals surface area contributed by atoms with Gasteiger partial charge in [-0.2, -0.15) is 0 Å². The van der Waals surface area contributed by atoms with Gasteiger partial charge in [0.1, 0.15) is 6.33 Å². The number of aliphatic hydroxyl groups excluding tert-OH is 1. The molecule has 3 aliphatic heterocycles. The highest BCUT2D eigenvalue weighted by molar-refractivity contribution is 5.83. The van der Waals surface area contributed by atoms with Gasteiger partial charge in [-0.3, -0.25) is 4.90 Å². The van der Waals surface area contributed by atoms with E-state index in [1.165, 1.54) is 25.8 Å². The monoisotopic (exact) mass is 396 g/mol. The normalized spacial score (nSPS) is 36.7. The lowest BCUT2D eigenvalue weighted by Gasteiger charge is -2.38. The number of rotatable bonds is 2. The summed E-state index contributed by atoms with van der Waals surface area (Å²) in [5, 5.41) is 10.4. The fourth-order valence-corrected chi connectivity index (χ4v) is 6.92. The molecule has 0 spiro atoms. The fraction of sp³-hybridized carbons (Fsp3) is 0.773. The first-order chi connectivity index (χ1) is 14.0. The van der Waals surface area contributed by atoms with Crippen LogP contribution in [0.4, 0.5) is 5.82 Å². The van der Waals surface area contributed by atoms with Gasteiger partial charge >= 0.3 is 0 Å². The number of aromatic nitrogens is 4. The van der Waals surface area contributed by atoms with E-state index in [4.69, 9.17) is 4.98 Å². The minimum Gasteiger partial charge on any atom is -0.393 e. The number of nitrogens with zero attached hydrogens (tertiary/aromatic N) is 6. The molecule has 5 atom stereocenters. The molecule has 156 valence electrons. The minimum absolute atomic E-state index is 0.132. The van der Waals surface area contributed by atoms with Gasteiger partial charge in [-0.25, -0.2) is 15.0 Å². The molecule has 0 bridgehead atoms. The fourth-order valence-electron chi connectivity index (χ4n) is 6.92. The lowest BCUT2D eigenvalue weighted by Crippen LogP contribution is -2.36. The van der Waals surface area contributed by atoms with Gasteiger partial charge in [-0.1, -0.05) is 13.8 Å². The molecular weight excluding hydrogens is 364 g/mol. The largest absolute Gasteiger partial charge is 0.393 e. The molecule has 6 rings (SSSR count). The van der Waals surface area contributed by atoms with Crippen molar-refractivity contribution in [2.75, 3.05) is 24.5 Å². The highest BCUT2D eigenvalue weighted by atomic mass is 16.3. The van der Waals surface area contributed by atoms with Gasteiger partial charge < -0.3 is 14.6 Å². The van der Waals surface area contributed by atoms with Crippen molar-refractivity contribution in [2.24, 2.45) is 11.3 Å². The van der Waals surface area contributed by atoms with Gasteiger partial charge in [0.25, 0.3) is 0 Å². The van der Waals surface area contributed by atoms with Crippen LogP contribution in [-0.4, -0.2) is 67.3 Å². The number of aliphatic hydroxyl groups is 1. The molecule has 1 aliphatic carbocycles. The number of imidazole rings is 1.